The van der Waals surface area contributed by atoms with Gasteiger partial charge in [0.25, 0.3) is 0 Å². The maximum absolute atomic E-state index is 5.01. The van der Waals surface area contributed by atoms with Gasteiger partial charge in [-0.05, 0) is 41.5 Å². The fourth-order valence-electron chi connectivity index (χ4n) is 3.62. The molecule has 1 aromatic heterocycles. The fraction of sp³-hybridized carbons (Fsp3) is 0.458. The van der Waals surface area contributed by atoms with E-state index in [0.717, 1.165) is 18.5 Å². The Kier molecular flexibility index (Phi) is 5.80. The second kappa shape index (κ2) is 8.07. The summed E-state index contributed by atoms with van der Waals surface area (Å²) in [4.78, 5) is 5.01. The molecular weight excluding hydrogens is 316 g/mol. The van der Waals surface area contributed by atoms with Gasteiger partial charge < -0.3 is 4.57 Å². The minimum absolute atomic E-state index is 0.291. The zero-order chi connectivity index (χ0) is 18.7. The van der Waals surface area contributed by atoms with Crippen molar-refractivity contribution in [1.82, 2.24) is 9.55 Å². The number of nitrogens with zero attached hydrogens (tertiary/aromatic N) is 2. The third-order valence-electron chi connectivity index (χ3n) is 5.39. The van der Waals surface area contributed by atoms with Gasteiger partial charge in [0.15, 0.2) is 0 Å². The molecule has 0 bridgehead atoms. The Morgan fingerprint density at radius 3 is 2.27 bits per heavy atom. The van der Waals surface area contributed by atoms with Crippen LogP contribution in [0.5, 0.6) is 0 Å². The minimum Gasteiger partial charge on any atom is -0.327 e. The molecular formula is C24H32N2. The molecule has 3 aromatic rings. The molecule has 2 heteroatoms. The van der Waals surface area contributed by atoms with Crippen LogP contribution in [-0.4, -0.2) is 9.55 Å². The monoisotopic (exact) mass is 348 g/mol. The molecule has 0 saturated heterocycles. The smallest absolute Gasteiger partial charge is 0.117 e. The SMILES string of the molecule is CCC(C)Cn1c(C(C)c2ccc(CC(C)C)cc2)nc2ccccc21. The summed E-state index contributed by atoms with van der Waals surface area (Å²) in [6.45, 7) is 12.4. The van der Waals surface area contributed by atoms with E-state index in [1.807, 2.05) is 0 Å². The van der Waals surface area contributed by atoms with Gasteiger partial charge in [-0.1, -0.05) is 77.4 Å². The highest BCUT2D eigenvalue weighted by molar-refractivity contribution is 5.76. The summed E-state index contributed by atoms with van der Waals surface area (Å²) in [5, 5.41) is 0. The minimum atomic E-state index is 0.291. The van der Waals surface area contributed by atoms with Crippen LogP contribution >= 0.6 is 0 Å². The van der Waals surface area contributed by atoms with Crippen LogP contribution in [0.1, 0.15) is 63.9 Å². The molecule has 26 heavy (non-hydrogen) atoms. The van der Waals surface area contributed by atoms with Gasteiger partial charge in [0.05, 0.1) is 11.0 Å². The van der Waals surface area contributed by atoms with Crippen LogP contribution in [0.2, 0.25) is 0 Å². The fourth-order valence-corrected chi connectivity index (χ4v) is 3.62. The average molecular weight is 349 g/mol. The second-order valence-corrected chi connectivity index (χ2v) is 8.14. The van der Waals surface area contributed by atoms with Gasteiger partial charge in [0.1, 0.15) is 5.82 Å². The van der Waals surface area contributed by atoms with E-state index in [9.17, 15) is 0 Å². The van der Waals surface area contributed by atoms with Crippen molar-refractivity contribution in [3.63, 3.8) is 0 Å². The van der Waals surface area contributed by atoms with Crippen molar-refractivity contribution in [2.75, 3.05) is 0 Å². The first-order chi connectivity index (χ1) is 12.5. The molecule has 0 aliphatic rings. The van der Waals surface area contributed by atoms with Gasteiger partial charge in [0.2, 0.25) is 0 Å². The van der Waals surface area contributed by atoms with Crippen molar-refractivity contribution in [2.45, 2.75) is 59.9 Å². The molecule has 0 aliphatic carbocycles. The topological polar surface area (TPSA) is 17.8 Å². The number of rotatable bonds is 7. The molecule has 2 aromatic carbocycles. The lowest BCUT2D eigenvalue weighted by Crippen LogP contribution is -2.13. The molecule has 0 radical (unpaired) electrons. The van der Waals surface area contributed by atoms with Crippen LogP contribution in [0.4, 0.5) is 0 Å². The lowest BCUT2D eigenvalue weighted by atomic mass is 9.96. The largest absolute Gasteiger partial charge is 0.327 e. The predicted octanol–water partition coefficient (Wildman–Crippen LogP) is 6.43. The Morgan fingerprint density at radius 1 is 0.923 bits per heavy atom. The summed E-state index contributed by atoms with van der Waals surface area (Å²) < 4.78 is 2.44. The molecule has 0 amide bonds. The van der Waals surface area contributed by atoms with E-state index < -0.39 is 0 Å². The summed E-state index contributed by atoms with van der Waals surface area (Å²) in [6.07, 6.45) is 2.32. The van der Waals surface area contributed by atoms with Gasteiger partial charge in [-0.3, -0.25) is 0 Å². The van der Waals surface area contributed by atoms with Gasteiger partial charge in [-0.2, -0.15) is 0 Å². The van der Waals surface area contributed by atoms with Gasteiger partial charge in [-0.15, -0.1) is 0 Å². The molecule has 0 N–H and O–H groups in total. The number of hydrogen-bond acceptors (Lipinski definition) is 1. The van der Waals surface area contributed by atoms with Crippen LogP contribution in [-0.2, 0) is 13.0 Å². The molecule has 0 fully saturated rings. The Labute approximate surface area is 158 Å². The molecule has 0 saturated carbocycles. The Hall–Kier alpha value is -2.09. The molecule has 138 valence electrons. The zero-order valence-corrected chi connectivity index (χ0v) is 16.9. The maximum Gasteiger partial charge on any atom is 0.117 e. The number of benzene rings is 2. The van der Waals surface area contributed by atoms with Crippen LogP contribution < -0.4 is 0 Å². The molecule has 3 rings (SSSR count). The van der Waals surface area contributed by atoms with Gasteiger partial charge in [0, 0.05) is 12.5 Å². The van der Waals surface area contributed by atoms with E-state index >= 15 is 0 Å². The van der Waals surface area contributed by atoms with E-state index in [-0.39, 0.29) is 0 Å². The van der Waals surface area contributed by atoms with Crippen molar-refractivity contribution in [3.8, 4) is 0 Å². The predicted molar refractivity (Wildman–Crippen MR) is 112 cm³/mol. The van der Waals surface area contributed by atoms with Crippen molar-refractivity contribution in [3.05, 3.63) is 65.5 Å². The molecule has 2 unspecified atom stereocenters. The number of hydrogen-bond donors (Lipinski definition) is 0. The molecule has 0 aliphatic heterocycles. The third-order valence-corrected chi connectivity index (χ3v) is 5.39. The second-order valence-electron chi connectivity index (χ2n) is 8.14. The van der Waals surface area contributed by atoms with E-state index in [4.69, 9.17) is 4.98 Å². The van der Waals surface area contributed by atoms with Crippen molar-refractivity contribution >= 4 is 11.0 Å². The highest BCUT2D eigenvalue weighted by atomic mass is 15.1. The van der Waals surface area contributed by atoms with Crippen LogP contribution in [0.15, 0.2) is 48.5 Å². The number of para-hydroxylation sites is 2. The first kappa shape index (κ1) is 18.7. The van der Waals surface area contributed by atoms with Gasteiger partial charge >= 0.3 is 0 Å². The molecule has 2 nitrogen and oxygen atoms in total. The Balaban J connectivity index is 1.96. The third kappa shape index (κ3) is 4.00. The summed E-state index contributed by atoms with van der Waals surface area (Å²) in [7, 11) is 0. The van der Waals surface area contributed by atoms with E-state index in [1.54, 1.807) is 0 Å². The summed E-state index contributed by atoms with van der Waals surface area (Å²) in [5.41, 5.74) is 5.13. The molecule has 2 atom stereocenters. The zero-order valence-electron chi connectivity index (χ0n) is 16.9. The Bertz CT molecular complexity index is 842. The average Bonchev–Trinajstić information content (AvgIpc) is 2.99. The first-order valence-electron chi connectivity index (χ1n) is 10.0. The van der Waals surface area contributed by atoms with Crippen molar-refractivity contribution in [1.29, 1.82) is 0 Å². The van der Waals surface area contributed by atoms with Crippen LogP contribution in [0.25, 0.3) is 11.0 Å². The van der Waals surface area contributed by atoms with Crippen molar-refractivity contribution < 1.29 is 0 Å². The van der Waals surface area contributed by atoms with E-state index in [2.05, 4.69) is 87.7 Å². The Morgan fingerprint density at radius 2 is 1.62 bits per heavy atom. The maximum atomic E-state index is 5.01. The van der Waals surface area contributed by atoms with Gasteiger partial charge in [-0.25, -0.2) is 4.98 Å². The van der Waals surface area contributed by atoms with E-state index in [1.165, 1.54) is 28.9 Å². The highest BCUT2D eigenvalue weighted by Crippen LogP contribution is 2.29. The normalized spacial score (nSPS) is 14.1. The molecule has 0 spiro atoms. The van der Waals surface area contributed by atoms with Crippen LogP contribution in [0.3, 0.4) is 0 Å². The standard InChI is InChI=1S/C24H32N2/c1-6-18(4)16-26-23-10-8-7-9-22(23)25-24(26)19(5)21-13-11-20(12-14-21)15-17(2)3/h7-14,17-19H,6,15-16H2,1-5H3. The summed E-state index contributed by atoms with van der Waals surface area (Å²) >= 11 is 0. The highest BCUT2D eigenvalue weighted by Gasteiger charge is 2.19. The summed E-state index contributed by atoms with van der Waals surface area (Å²) in [6, 6.07) is 17.7. The van der Waals surface area contributed by atoms with E-state index in [0.29, 0.717) is 17.8 Å². The van der Waals surface area contributed by atoms with Crippen molar-refractivity contribution in [2.24, 2.45) is 11.8 Å². The summed E-state index contributed by atoms with van der Waals surface area (Å²) in [5.74, 6) is 2.81. The quantitative estimate of drug-likeness (QED) is 0.481. The lowest BCUT2D eigenvalue weighted by Gasteiger charge is -2.18. The number of imidazole rings is 1. The molecule has 1 heterocycles. The number of fused-ring (bicyclic) bond motifs is 1. The number of aromatic nitrogens is 2. The van der Waals surface area contributed by atoms with Crippen LogP contribution in [0, 0.1) is 11.8 Å². The lowest BCUT2D eigenvalue weighted by molar-refractivity contribution is 0.462. The first-order valence-corrected chi connectivity index (χ1v) is 10.0.